The van der Waals surface area contributed by atoms with Gasteiger partial charge in [-0.2, -0.15) is 4.31 Å². The van der Waals surface area contributed by atoms with Crippen LogP contribution in [0, 0.1) is 0 Å². The van der Waals surface area contributed by atoms with E-state index in [2.05, 4.69) is 9.97 Å². The van der Waals surface area contributed by atoms with Crippen molar-refractivity contribution in [1.29, 1.82) is 0 Å². The van der Waals surface area contributed by atoms with Crippen LogP contribution in [0.15, 0.2) is 29.4 Å². The van der Waals surface area contributed by atoms with E-state index in [0.717, 1.165) is 19.3 Å². The lowest BCUT2D eigenvalue weighted by molar-refractivity contribution is 0.227. The van der Waals surface area contributed by atoms with E-state index >= 15 is 0 Å². The van der Waals surface area contributed by atoms with Gasteiger partial charge in [0.1, 0.15) is 10.5 Å². The summed E-state index contributed by atoms with van der Waals surface area (Å²) in [6.45, 7) is 2.40. The Labute approximate surface area is 124 Å². The zero-order chi connectivity index (χ0) is 15.0. The second-order valence-corrected chi connectivity index (χ2v) is 7.45. The van der Waals surface area contributed by atoms with Crippen LogP contribution in [0.25, 0.3) is 11.0 Å². The average Bonchev–Trinajstić information content (AvgIpc) is 2.92. The van der Waals surface area contributed by atoms with Crippen molar-refractivity contribution in [3.05, 3.63) is 24.5 Å². The van der Waals surface area contributed by atoms with Crippen LogP contribution in [0.3, 0.4) is 0 Å². The molecule has 3 heterocycles. The fraction of sp³-hybridized carbons (Fsp3) is 0.500. The van der Waals surface area contributed by atoms with Crippen molar-refractivity contribution in [3.8, 4) is 0 Å². The number of sulfonamides is 1. The molecule has 21 heavy (non-hydrogen) atoms. The van der Waals surface area contributed by atoms with Crippen LogP contribution < -0.4 is 5.73 Å². The summed E-state index contributed by atoms with van der Waals surface area (Å²) < 4.78 is 27.6. The number of fused-ring (bicyclic) bond motifs is 1. The number of aromatic amines is 1. The van der Waals surface area contributed by atoms with E-state index in [9.17, 15) is 8.42 Å². The molecule has 0 radical (unpaired) electrons. The summed E-state index contributed by atoms with van der Waals surface area (Å²) in [5.41, 5.74) is 6.58. The number of piperidine rings is 1. The number of nitrogens with zero attached hydrogens (tertiary/aromatic N) is 2. The van der Waals surface area contributed by atoms with Gasteiger partial charge in [0.05, 0.1) is 0 Å². The molecular formula is C14H20N4O2S. The van der Waals surface area contributed by atoms with Gasteiger partial charge in [0.25, 0.3) is 0 Å². The molecule has 3 N–H and O–H groups in total. The van der Waals surface area contributed by atoms with E-state index in [1.165, 1.54) is 6.20 Å². The predicted octanol–water partition coefficient (Wildman–Crippen LogP) is 1.45. The summed E-state index contributed by atoms with van der Waals surface area (Å²) in [6, 6.07) is 3.21. The number of nitrogens with two attached hydrogens (primary N) is 1. The third-order valence-corrected chi connectivity index (χ3v) is 6.07. The molecule has 0 aromatic carbocycles. The van der Waals surface area contributed by atoms with Gasteiger partial charge >= 0.3 is 0 Å². The first kappa shape index (κ1) is 14.5. The summed E-state index contributed by atoms with van der Waals surface area (Å²) >= 11 is 0. The van der Waals surface area contributed by atoms with Crippen molar-refractivity contribution in [3.63, 3.8) is 0 Å². The minimum Gasteiger partial charge on any atom is -0.345 e. The Balaban J connectivity index is 2.07. The molecule has 2 aromatic rings. The maximum atomic E-state index is 13.0. The van der Waals surface area contributed by atoms with E-state index in [0.29, 0.717) is 17.6 Å². The van der Waals surface area contributed by atoms with Crippen LogP contribution in [0.5, 0.6) is 0 Å². The number of aromatic nitrogens is 2. The van der Waals surface area contributed by atoms with Gasteiger partial charge in [-0.05, 0) is 31.9 Å². The van der Waals surface area contributed by atoms with Crippen LogP contribution in [0.2, 0.25) is 0 Å². The molecule has 0 bridgehead atoms. The Morgan fingerprint density at radius 3 is 3.05 bits per heavy atom. The Morgan fingerprint density at radius 1 is 1.48 bits per heavy atom. The van der Waals surface area contributed by atoms with Crippen molar-refractivity contribution in [1.82, 2.24) is 14.3 Å². The second-order valence-electron chi connectivity index (χ2n) is 5.59. The monoisotopic (exact) mass is 308 g/mol. The second kappa shape index (κ2) is 5.40. The predicted molar refractivity (Wildman–Crippen MR) is 81.3 cm³/mol. The lowest BCUT2D eigenvalue weighted by Gasteiger charge is -2.36. The third-order valence-electron chi connectivity index (χ3n) is 4.11. The van der Waals surface area contributed by atoms with Crippen molar-refractivity contribution in [2.45, 2.75) is 43.2 Å². The van der Waals surface area contributed by atoms with E-state index in [1.807, 2.05) is 6.92 Å². The van der Waals surface area contributed by atoms with E-state index in [4.69, 9.17) is 5.73 Å². The molecule has 3 rings (SSSR count). The highest BCUT2D eigenvalue weighted by Gasteiger charge is 2.36. The molecule has 114 valence electrons. The molecule has 0 aliphatic carbocycles. The SMILES string of the molecule is CC(N)C1CCCCN1S(=O)(=O)c1c[nH]c2ncccc12. The van der Waals surface area contributed by atoms with Crippen molar-refractivity contribution < 1.29 is 8.42 Å². The van der Waals surface area contributed by atoms with Gasteiger partial charge in [-0.3, -0.25) is 0 Å². The first-order valence-electron chi connectivity index (χ1n) is 7.21. The van der Waals surface area contributed by atoms with E-state index in [-0.39, 0.29) is 17.0 Å². The smallest absolute Gasteiger partial charge is 0.245 e. The molecule has 1 saturated heterocycles. The molecule has 1 aliphatic heterocycles. The summed E-state index contributed by atoms with van der Waals surface area (Å²) in [5, 5.41) is 0.631. The zero-order valence-corrected chi connectivity index (χ0v) is 12.8. The van der Waals surface area contributed by atoms with Gasteiger partial charge in [-0.25, -0.2) is 13.4 Å². The molecule has 6 nitrogen and oxygen atoms in total. The molecule has 7 heteroatoms. The van der Waals surface area contributed by atoms with Crippen LogP contribution >= 0.6 is 0 Å². The number of H-pyrrole nitrogens is 1. The molecule has 0 amide bonds. The van der Waals surface area contributed by atoms with Gasteiger partial charge in [-0.1, -0.05) is 6.42 Å². The quantitative estimate of drug-likeness (QED) is 0.897. The fourth-order valence-electron chi connectivity index (χ4n) is 3.03. The highest BCUT2D eigenvalue weighted by Crippen LogP contribution is 2.30. The Hall–Kier alpha value is -1.44. The number of rotatable bonds is 3. The van der Waals surface area contributed by atoms with Crippen molar-refractivity contribution >= 4 is 21.1 Å². The highest BCUT2D eigenvalue weighted by atomic mass is 32.2. The van der Waals surface area contributed by atoms with E-state index < -0.39 is 10.0 Å². The minimum absolute atomic E-state index is 0.134. The lowest BCUT2D eigenvalue weighted by Crippen LogP contribution is -2.51. The summed E-state index contributed by atoms with van der Waals surface area (Å²) in [4.78, 5) is 7.37. The summed E-state index contributed by atoms with van der Waals surface area (Å²) in [5.74, 6) is 0. The molecule has 0 saturated carbocycles. The van der Waals surface area contributed by atoms with Crippen LogP contribution in [-0.4, -0.2) is 41.3 Å². The molecular weight excluding hydrogens is 288 g/mol. The Bertz CT molecular complexity index is 738. The van der Waals surface area contributed by atoms with Gasteiger partial charge in [-0.15, -0.1) is 0 Å². The van der Waals surface area contributed by atoms with Crippen molar-refractivity contribution in [2.24, 2.45) is 5.73 Å². The van der Waals surface area contributed by atoms with Crippen LogP contribution in [0.1, 0.15) is 26.2 Å². The maximum Gasteiger partial charge on any atom is 0.245 e. The molecule has 2 aromatic heterocycles. The van der Waals surface area contributed by atoms with Crippen LogP contribution in [-0.2, 0) is 10.0 Å². The molecule has 1 aliphatic rings. The minimum atomic E-state index is -3.56. The number of pyridine rings is 1. The van der Waals surface area contributed by atoms with Crippen molar-refractivity contribution in [2.75, 3.05) is 6.54 Å². The highest BCUT2D eigenvalue weighted by molar-refractivity contribution is 7.89. The molecule has 1 fully saturated rings. The summed E-state index contributed by atoms with van der Waals surface area (Å²) in [7, 11) is -3.56. The first-order valence-corrected chi connectivity index (χ1v) is 8.65. The van der Waals surface area contributed by atoms with Gasteiger partial charge in [0.2, 0.25) is 10.0 Å². The largest absolute Gasteiger partial charge is 0.345 e. The molecule has 2 unspecified atom stereocenters. The Morgan fingerprint density at radius 2 is 2.29 bits per heavy atom. The fourth-order valence-corrected chi connectivity index (χ4v) is 4.95. The molecule has 0 spiro atoms. The maximum absolute atomic E-state index is 13.0. The summed E-state index contributed by atoms with van der Waals surface area (Å²) in [6.07, 6.45) is 5.88. The first-order chi connectivity index (χ1) is 10.0. The van der Waals surface area contributed by atoms with Gasteiger partial charge in [0, 0.05) is 36.4 Å². The van der Waals surface area contributed by atoms with Gasteiger partial charge < -0.3 is 10.7 Å². The normalized spacial score (nSPS) is 22.5. The molecule has 2 atom stereocenters. The van der Waals surface area contributed by atoms with E-state index in [1.54, 1.807) is 22.6 Å². The van der Waals surface area contributed by atoms with Gasteiger partial charge in [0.15, 0.2) is 0 Å². The van der Waals surface area contributed by atoms with Crippen LogP contribution in [0.4, 0.5) is 0 Å². The number of hydrogen-bond acceptors (Lipinski definition) is 4. The topological polar surface area (TPSA) is 92.1 Å². The standard InChI is InChI=1S/C14H20N4O2S/c1-10(15)12-6-2-3-8-18(12)21(19,20)13-9-17-14-11(13)5-4-7-16-14/h4-5,7,9-10,12H,2-3,6,8,15H2,1H3,(H,16,17). The zero-order valence-electron chi connectivity index (χ0n) is 12.0. The number of nitrogens with one attached hydrogen (secondary N) is 1. The average molecular weight is 308 g/mol. The Kier molecular flexibility index (Phi) is 3.73. The lowest BCUT2D eigenvalue weighted by atomic mass is 10.00. The number of hydrogen-bond donors (Lipinski definition) is 2. The third kappa shape index (κ3) is 2.45.